The third-order valence-corrected chi connectivity index (χ3v) is 1.20. The number of carbonyl (C=O) groups is 1. The maximum atomic E-state index is 10.2. The maximum absolute atomic E-state index is 10.2. The van der Waals surface area contributed by atoms with Gasteiger partial charge in [-0.3, -0.25) is 4.79 Å². The number of halogens is 1. The second kappa shape index (κ2) is 7.37. The summed E-state index contributed by atoms with van der Waals surface area (Å²) in [7, 11) is 0. The first-order valence-corrected chi connectivity index (χ1v) is 4.11. The molecule has 0 unspecified atom stereocenters. The standard InChI is InChI=1S/C8H8O2.C2H3Cl/c9-8(10)6-7-4-2-1-3-5-7;1-2-3/h1-5H,6H2,(H,9,10);2H,1H2. The highest BCUT2D eigenvalue weighted by molar-refractivity contribution is 6.25. The molecule has 0 aliphatic carbocycles. The fourth-order valence-electron chi connectivity index (χ4n) is 0.770. The second-order valence-corrected chi connectivity index (χ2v) is 2.52. The van der Waals surface area contributed by atoms with Crippen LogP contribution in [0.5, 0.6) is 0 Å². The van der Waals surface area contributed by atoms with Crippen molar-refractivity contribution in [1.82, 2.24) is 0 Å². The number of benzene rings is 1. The molecule has 70 valence electrons. The Morgan fingerprint density at radius 1 is 1.46 bits per heavy atom. The second-order valence-electron chi connectivity index (χ2n) is 2.21. The Balaban J connectivity index is 0.000000424. The van der Waals surface area contributed by atoms with Crippen molar-refractivity contribution in [2.24, 2.45) is 0 Å². The first kappa shape index (κ1) is 11.7. The molecule has 1 aromatic carbocycles. The van der Waals surface area contributed by atoms with Crippen molar-refractivity contribution in [3.05, 3.63) is 48.0 Å². The summed E-state index contributed by atoms with van der Waals surface area (Å²) in [4.78, 5) is 10.2. The predicted octanol–water partition coefficient (Wildman–Crippen LogP) is 2.68. The van der Waals surface area contributed by atoms with E-state index in [9.17, 15) is 4.79 Å². The van der Waals surface area contributed by atoms with E-state index in [1.165, 1.54) is 5.54 Å². The van der Waals surface area contributed by atoms with Gasteiger partial charge in [0.15, 0.2) is 0 Å². The molecule has 1 N–H and O–H groups in total. The molecule has 3 heteroatoms. The van der Waals surface area contributed by atoms with Gasteiger partial charge >= 0.3 is 5.97 Å². The van der Waals surface area contributed by atoms with Crippen molar-refractivity contribution in [1.29, 1.82) is 0 Å². The number of carboxylic acid groups (broad SMARTS) is 1. The number of rotatable bonds is 2. The normalized spacial score (nSPS) is 8.08. The van der Waals surface area contributed by atoms with Gasteiger partial charge in [0.25, 0.3) is 0 Å². The molecule has 0 saturated carbocycles. The van der Waals surface area contributed by atoms with Gasteiger partial charge in [-0.25, -0.2) is 0 Å². The molecule has 0 saturated heterocycles. The maximum Gasteiger partial charge on any atom is 0.307 e. The molecule has 0 heterocycles. The van der Waals surface area contributed by atoms with Gasteiger partial charge in [0.05, 0.1) is 6.42 Å². The minimum atomic E-state index is -0.786. The molecular formula is C10H11ClO2. The molecule has 1 rings (SSSR count). The van der Waals surface area contributed by atoms with Crippen LogP contribution in [0, 0.1) is 0 Å². The summed E-state index contributed by atoms with van der Waals surface area (Å²) in [5.41, 5.74) is 2.06. The average molecular weight is 199 g/mol. The average Bonchev–Trinajstić information content (AvgIpc) is 2.06. The van der Waals surface area contributed by atoms with E-state index >= 15 is 0 Å². The van der Waals surface area contributed by atoms with Crippen molar-refractivity contribution in [2.75, 3.05) is 0 Å². The zero-order chi connectivity index (χ0) is 10.1. The third kappa shape index (κ3) is 7.09. The minimum absolute atomic E-state index is 0.112. The first-order chi connectivity index (χ1) is 6.20. The minimum Gasteiger partial charge on any atom is -0.481 e. The van der Waals surface area contributed by atoms with E-state index in [4.69, 9.17) is 16.7 Å². The van der Waals surface area contributed by atoms with E-state index in [0.29, 0.717) is 0 Å². The zero-order valence-corrected chi connectivity index (χ0v) is 7.87. The molecule has 0 aliphatic rings. The summed E-state index contributed by atoms with van der Waals surface area (Å²) in [5, 5.41) is 8.37. The van der Waals surface area contributed by atoms with Gasteiger partial charge in [-0.1, -0.05) is 48.5 Å². The summed E-state index contributed by atoms with van der Waals surface area (Å²) in [6, 6.07) is 9.13. The van der Waals surface area contributed by atoms with E-state index in [1.807, 2.05) is 18.2 Å². The Morgan fingerprint density at radius 3 is 2.31 bits per heavy atom. The highest BCUT2D eigenvalue weighted by atomic mass is 35.5. The lowest BCUT2D eigenvalue weighted by atomic mass is 10.2. The highest BCUT2D eigenvalue weighted by Gasteiger charge is 1.96. The van der Waals surface area contributed by atoms with Gasteiger partial charge in [0.2, 0.25) is 0 Å². The van der Waals surface area contributed by atoms with Gasteiger partial charge in [0, 0.05) is 0 Å². The quantitative estimate of drug-likeness (QED) is 0.794. The lowest BCUT2D eigenvalue weighted by Gasteiger charge is -1.92. The van der Waals surface area contributed by atoms with E-state index < -0.39 is 5.97 Å². The van der Waals surface area contributed by atoms with Crippen molar-refractivity contribution >= 4 is 17.6 Å². The molecule has 0 bridgehead atoms. The summed E-state index contributed by atoms with van der Waals surface area (Å²) >= 11 is 4.76. The van der Waals surface area contributed by atoms with E-state index in [1.54, 1.807) is 12.1 Å². The Kier molecular flexibility index (Phi) is 6.65. The van der Waals surface area contributed by atoms with Gasteiger partial charge < -0.3 is 5.11 Å². The monoisotopic (exact) mass is 198 g/mol. The van der Waals surface area contributed by atoms with Crippen LogP contribution in [0.1, 0.15) is 5.56 Å². The van der Waals surface area contributed by atoms with Crippen LogP contribution in [0.4, 0.5) is 0 Å². The topological polar surface area (TPSA) is 37.3 Å². The molecule has 0 atom stereocenters. The van der Waals surface area contributed by atoms with Gasteiger partial charge in [-0.2, -0.15) is 0 Å². The number of hydrogen-bond donors (Lipinski definition) is 1. The lowest BCUT2D eigenvalue weighted by Crippen LogP contribution is -1.98. The largest absolute Gasteiger partial charge is 0.481 e. The SMILES string of the molecule is C=CCl.O=C(O)Cc1ccccc1. The van der Waals surface area contributed by atoms with Crippen molar-refractivity contribution in [3.63, 3.8) is 0 Å². The van der Waals surface area contributed by atoms with Crippen LogP contribution in [-0.2, 0) is 11.2 Å². The third-order valence-electron chi connectivity index (χ3n) is 1.20. The zero-order valence-electron chi connectivity index (χ0n) is 7.11. The summed E-state index contributed by atoms with van der Waals surface area (Å²) in [6.45, 7) is 3.13. The number of hydrogen-bond acceptors (Lipinski definition) is 1. The predicted molar refractivity (Wildman–Crippen MR) is 53.8 cm³/mol. The van der Waals surface area contributed by atoms with Crippen LogP contribution < -0.4 is 0 Å². The Hall–Kier alpha value is -1.28. The molecule has 13 heavy (non-hydrogen) atoms. The molecule has 2 nitrogen and oxygen atoms in total. The molecule has 1 aromatic rings. The van der Waals surface area contributed by atoms with E-state index in [-0.39, 0.29) is 6.42 Å². The van der Waals surface area contributed by atoms with Crippen LogP contribution in [0.15, 0.2) is 42.4 Å². The molecule has 0 fully saturated rings. The van der Waals surface area contributed by atoms with Crippen molar-refractivity contribution in [2.45, 2.75) is 6.42 Å². The highest BCUT2D eigenvalue weighted by Crippen LogP contribution is 1.98. The smallest absolute Gasteiger partial charge is 0.307 e. The van der Waals surface area contributed by atoms with Crippen molar-refractivity contribution in [3.8, 4) is 0 Å². The van der Waals surface area contributed by atoms with Crippen molar-refractivity contribution < 1.29 is 9.90 Å². The Morgan fingerprint density at radius 2 is 1.92 bits per heavy atom. The van der Waals surface area contributed by atoms with Crippen LogP contribution in [0.3, 0.4) is 0 Å². The molecule has 0 amide bonds. The summed E-state index contributed by atoms with van der Waals surface area (Å²) in [6.07, 6.45) is 0.112. The molecule has 0 spiro atoms. The van der Waals surface area contributed by atoms with Gasteiger partial charge in [-0.05, 0) is 11.1 Å². The van der Waals surface area contributed by atoms with Crippen LogP contribution >= 0.6 is 11.6 Å². The van der Waals surface area contributed by atoms with Gasteiger partial charge in [-0.15, -0.1) is 0 Å². The fourth-order valence-corrected chi connectivity index (χ4v) is 0.770. The summed E-state index contributed by atoms with van der Waals surface area (Å²) < 4.78 is 0. The Labute approximate surface area is 82.5 Å². The van der Waals surface area contributed by atoms with Crippen LogP contribution in [0.25, 0.3) is 0 Å². The number of carboxylic acids is 1. The molecular weight excluding hydrogens is 188 g/mol. The summed E-state index contributed by atoms with van der Waals surface area (Å²) in [5.74, 6) is -0.786. The Bertz CT molecular complexity index is 257. The van der Waals surface area contributed by atoms with Crippen LogP contribution in [-0.4, -0.2) is 11.1 Å². The van der Waals surface area contributed by atoms with Gasteiger partial charge in [0.1, 0.15) is 0 Å². The molecule has 0 aromatic heterocycles. The van der Waals surface area contributed by atoms with E-state index in [2.05, 4.69) is 6.58 Å². The fraction of sp³-hybridized carbons (Fsp3) is 0.100. The number of aliphatic carboxylic acids is 1. The van der Waals surface area contributed by atoms with Crippen LogP contribution in [0.2, 0.25) is 0 Å². The molecule has 0 aliphatic heterocycles. The first-order valence-electron chi connectivity index (χ1n) is 3.67. The molecule has 0 radical (unpaired) electrons. The van der Waals surface area contributed by atoms with E-state index in [0.717, 1.165) is 5.56 Å². The lowest BCUT2D eigenvalue weighted by molar-refractivity contribution is -0.136.